The predicted octanol–water partition coefficient (Wildman–Crippen LogP) is 3.50. The van der Waals surface area contributed by atoms with Crippen molar-refractivity contribution in [2.45, 2.75) is 25.8 Å². The molecule has 22 heavy (non-hydrogen) atoms. The maximum Gasteiger partial charge on any atom is 0.262 e. The number of nitrogens with zero attached hydrogens (tertiary/aromatic N) is 1. The molecule has 0 radical (unpaired) electrons. The third-order valence-electron chi connectivity index (χ3n) is 3.87. The summed E-state index contributed by atoms with van der Waals surface area (Å²) in [6.45, 7) is 4.25. The number of hydrogen-bond donors (Lipinski definition) is 1. The summed E-state index contributed by atoms with van der Waals surface area (Å²) in [6, 6.07) is 19.6. The van der Waals surface area contributed by atoms with Crippen LogP contribution in [0.2, 0.25) is 0 Å². The van der Waals surface area contributed by atoms with Crippen molar-refractivity contribution in [3.8, 4) is 0 Å². The second kappa shape index (κ2) is 5.76. The molecule has 2 aromatic rings. The summed E-state index contributed by atoms with van der Waals surface area (Å²) in [5, 5.41) is 2.98. The third-order valence-corrected chi connectivity index (χ3v) is 3.87. The molecule has 1 aliphatic rings. The second-order valence-electron chi connectivity index (χ2n) is 6.05. The van der Waals surface area contributed by atoms with Gasteiger partial charge < -0.3 is 5.32 Å². The summed E-state index contributed by atoms with van der Waals surface area (Å²) in [5.74, 6) is 1.15. The van der Waals surface area contributed by atoms with Crippen molar-refractivity contribution >= 4 is 11.7 Å². The minimum atomic E-state index is -0.966. The minimum Gasteiger partial charge on any atom is -0.312 e. The Balaban J connectivity index is 2.17. The molecule has 0 aromatic heterocycles. The lowest BCUT2D eigenvalue weighted by Crippen LogP contribution is -2.38. The Morgan fingerprint density at radius 2 is 1.45 bits per heavy atom. The number of benzene rings is 2. The van der Waals surface area contributed by atoms with E-state index in [1.54, 1.807) is 0 Å². The molecule has 0 saturated carbocycles. The van der Waals surface area contributed by atoms with E-state index in [1.807, 2.05) is 60.7 Å². The first-order chi connectivity index (χ1) is 10.6. The van der Waals surface area contributed by atoms with Gasteiger partial charge in [-0.05, 0) is 17.0 Å². The van der Waals surface area contributed by atoms with Crippen LogP contribution >= 0.6 is 0 Å². The Bertz CT molecular complexity index is 650. The molecule has 1 amide bonds. The van der Waals surface area contributed by atoms with Gasteiger partial charge in [0.15, 0.2) is 5.54 Å². The molecular weight excluding hydrogens is 272 g/mol. The molecule has 0 aliphatic carbocycles. The maximum absolute atomic E-state index is 12.9. The Hall–Kier alpha value is -2.42. The summed E-state index contributed by atoms with van der Waals surface area (Å²) in [7, 11) is 0. The van der Waals surface area contributed by atoms with Crippen LogP contribution in [0.4, 0.5) is 0 Å². The average molecular weight is 292 g/mol. The molecule has 1 N–H and O–H groups in total. The highest BCUT2D eigenvalue weighted by Gasteiger charge is 2.46. The van der Waals surface area contributed by atoms with Crippen LogP contribution in [0.1, 0.15) is 31.4 Å². The fraction of sp³-hybridized carbons (Fsp3) is 0.263. The zero-order chi connectivity index (χ0) is 15.6. The number of amidine groups is 1. The van der Waals surface area contributed by atoms with Gasteiger partial charge in [0.1, 0.15) is 5.84 Å². The topological polar surface area (TPSA) is 41.5 Å². The van der Waals surface area contributed by atoms with Crippen LogP contribution in [0, 0.1) is 5.92 Å². The maximum atomic E-state index is 12.9. The van der Waals surface area contributed by atoms with E-state index in [0.717, 1.165) is 23.4 Å². The molecule has 112 valence electrons. The molecule has 0 saturated heterocycles. The zero-order valence-corrected chi connectivity index (χ0v) is 12.9. The number of nitrogens with one attached hydrogen (secondary N) is 1. The van der Waals surface area contributed by atoms with Crippen molar-refractivity contribution in [3.63, 3.8) is 0 Å². The van der Waals surface area contributed by atoms with Crippen molar-refractivity contribution in [1.29, 1.82) is 0 Å². The summed E-state index contributed by atoms with van der Waals surface area (Å²) in [6.07, 6.45) is 0.771. The highest BCUT2D eigenvalue weighted by Crippen LogP contribution is 2.37. The Kier molecular flexibility index (Phi) is 3.80. The molecule has 0 atom stereocenters. The molecule has 0 unspecified atom stereocenters. The predicted molar refractivity (Wildman–Crippen MR) is 88.7 cm³/mol. The molecule has 3 rings (SSSR count). The smallest absolute Gasteiger partial charge is 0.262 e. The summed E-state index contributed by atoms with van der Waals surface area (Å²) >= 11 is 0. The van der Waals surface area contributed by atoms with Gasteiger partial charge in [0.25, 0.3) is 5.91 Å². The van der Waals surface area contributed by atoms with E-state index in [-0.39, 0.29) is 5.91 Å². The van der Waals surface area contributed by atoms with E-state index in [2.05, 4.69) is 19.2 Å². The normalized spacial score (nSPS) is 16.5. The van der Waals surface area contributed by atoms with Crippen molar-refractivity contribution in [3.05, 3.63) is 71.8 Å². The van der Waals surface area contributed by atoms with Crippen molar-refractivity contribution < 1.29 is 4.79 Å². The fourth-order valence-electron chi connectivity index (χ4n) is 2.90. The number of rotatable bonds is 4. The molecule has 3 heteroatoms. The second-order valence-corrected chi connectivity index (χ2v) is 6.05. The Morgan fingerprint density at radius 3 is 1.91 bits per heavy atom. The van der Waals surface area contributed by atoms with Gasteiger partial charge in [-0.2, -0.15) is 0 Å². The molecule has 0 fully saturated rings. The first-order valence-electron chi connectivity index (χ1n) is 7.64. The zero-order valence-electron chi connectivity index (χ0n) is 12.9. The van der Waals surface area contributed by atoms with Gasteiger partial charge >= 0.3 is 0 Å². The molecule has 0 spiro atoms. The molecule has 1 heterocycles. The highest BCUT2D eigenvalue weighted by molar-refractivity contribution is 6.10. The standard InChI is InChI=1S/C19H20N2O/c1-14(2)13-17-20-18(22)19(21-17,15-9-5-3-6-10-15)16-11-7-4-8-12-16/h3-12,14H,13H2,1-2H3,(H,20,21,22). The molecule has 2 aromatic carbocycles. The van der Waals surface area contributed by atoms with E-state index in [1.165, 1.54) is 0 Å². The average Bonchev–Trinajstić information content (AvgIpc) is 2.85. The quantitative estimate of drug-likeness (QED) is 0.920. The monoisotopic (exact) mass is 292 g/mol. The fourth-order valence-corrected chi connectivity index (χ4v) is 2.90. The van der Waals surface area contributed by atoms with Crippen molar-refractivity contribution in [2.24, 2.45) is 10.9 Å². The van der Waals surface area contributed by atoms with Crippen LogP contribution in [0.25, 0.3) is 0 Å². The van der Waals surface area contributed by atoms with E-state index in [4.69, 9.17) is 4.99 Å². The lowest BCUT2D eigenvalue weighted by molar-refractivity contribution is -0.122. The largest absolute Gasteiger partial charge is 0.312 e. The molecule has 1 aliphatic heterocycles. The molecule has 0 bridgehead atoms. The SMILES string of the molecule is CC(C)CC1=NC(c2ccccc2)(c2ccccc2)C(=O)N1. The third kappa shape index (κ3) is 2.43. The van der Waals surface area contributed by atoms with E-state index in [9.17, 15) is 4.79 Å². The van der Waals surface area contributed by atoms with Crippen molar-refractivity contribution in [1.82, 2.24) is 5.32 Å². The van der Waals surface area contributed by atoms with Crippen LogP contribution in [-0.4, -0.2) is 11.7 Å². The first-order valence-corrected chi connectivity index (χ1v) is 7.64. The van der Waals surface area contributed by atoms with Crippen LogP contribution in [-0.2, 0) is 10.3 Å². The van der Waals surface area contributed by atoms with Crippen LogP contribution in [0.5, 0.6) is 0 Å². The Morgan fingerprint density at radius 1 is 0.955 bits per heavy atom. The van der Waals surface area contributed by atoms with Crippen LogP contribution in [0.3, 0.4) is 0 Å². The lowest BCUT2D eigenvalue weighted by Gasteiger charge is -2.24. The lowest BCUT2D eigenvalue weighted by atomic mass is 9.83. The van der Waals surface area contributed by atoms with Crippen molar-refractivity contribution in [2.75, 3.05) is 0 Å². The van der Waals surface area contributed by atoms with Gasteiger partial charge in [-0.25, -0.2) is 4.99 Å². The van der Waals surface area contributed by atoms with Gasteiger partial charge in [-0.1, -0.05) is 74.5 Å². The van der Waals surface area contributed by atoms with Crippen LogP contribution < -0.4 is 5.32 Å². The van der Waals surface area contributed by atoms with Gasteiger partial charge in [-0.3, -0.25) is 4.79 Å². The van der Waals surface area contributed by atoms with Gasteiger partial charge in [0.05, 0.1) is 0 Å². The highest BCUT2D eigenvalue weighted by atomic mass is 16.2. The number of amides is 1. The summed E-state index contributed by atoms with van der Waals surface area (Å²) in [5.41, 5.74) is 0.835. The minimum absolute atomic E-state index is 0.0689. The summed E-state index contributed by atoms with van der Waals surface area (Å²) in [4.78, 5) is 17.7. The van der Waals surface area contributed by atoms with Crippen LogP contribution in [0.15, 0.2) is 65.7 Å². The van der Waals surface area contributed by atoms with E-state index >= 15 is 0 Å². The first kappa shape index (κ1) is 14.5. The van der Waals surface area contributed by atoms with Gasteiger partial charge in [-0.15, -0.1) is 0 Å². The Labute approximate surface area is 131 Å². The number of aliphatic imine (C=N–C) groups is 1. The number of hydrogen-bond acceptors (Lipinski definition) is 2. The summed E-state index contributed by atoms with van der Waals surface area (Å²) < 4.78 is 0. The molecular formula is C19H20N2O. The van der Waals surface area contributed by atoms with E-state index in [0.29, 0.717) is 5.92 Å². The van der Waals surface area contributed by atoms with Gasteiger partial charge in [0, 0.05) is 6.42 Å². The van der Waals surface area contributed by atoms with Gasteiger partial charge in [0.2, 0.25) is 0 Å². The number of carbonyl (C=O) groups excluding carboxylic acids is 1. The molecule has 3 nitrogen and oxygen atoms in total. The van der Waals surface area contributed by atoms with E-state index < -0.39 is 5.54 Å². The number of carbonyl (C=O) groups is 1.